The molecule has 602 valence electrons. The Balaban J connectivity index is 0.000000106. The van der Waals surface area contributed by atoms with Crippen LogP contribution in [0.5, 0.6) is 0 Å². The molecule has 0 bridgehead atoms. The zero-order valence-corrected chi connectivity index (χ0v) is 68.4. The highest BCUT2D eigenvalue weighted by Crippen LogP contribution is 2.35. The fourth-order valence-electron chi connectivity index (χ4n) is 14.0. The highest BCUT2D eigenvalue weighted by molar-refractivity contribution is 6.31. The van der Waals surface area contributed by atoms with E-state index in [4.69, 9.17) is 53.1 Å². The van der Waals surface area contributed by atoms with Crippen LogP contribution in [0.2, 0.25) is 10.0 Å². The molecule has 10 heterocycles. The molecule has 125 heavy (non-hydrogen) atoms. The smallest absolute Gasteiger partial charge is 0.162 e. The van der Waals surface area contributed by atoms with Gasteiger partial charge in [0.2, 0.25) is 0 Å². The lowest BCUT2D eigenvalue weighted by Gasteiger charge is -2.12. The van der Waals surface area contributed by atoms with Gasteiger partial charge in [-0.2, -0.15) is 0 Å². The Hall–Kier alpha value is -16.6. The first-order chi connectivity index (χ1) is 61.7. The second kappa shape index (κ2) is 38.2. The Kier molecular flexibility index (Phi) is 24.3. The minimum absolute atomic E-state index is 0.648. The Morgan fingerprint density at radius 3 is 1.16 bits per heavy atom. The quantitative estimate of drug-likeness (QED) is 0.0446. The van der Waals surface area contributed by atoms with Crippen molar-refractivity contribution in [2.75, 3.05) is 26.6 Å². The normalized spacial score (nSPS) is 10.9. The van der Waals surface area contributed by atoms with Crippen molar-refractivity contribution in [1.29, 1.82) is 0 Å². The van der Waals surface area contributed by atoms with Crippen LogP contribution in [0.4, 0.5) is 46.3 Å². The van der Waals surface area contributed by atoms with Crippen molar-refractivity contribution in [1.82, 2.24) is 79.7 Å². The van der Waals surface area contributed by atoms with Gasteiger partial charge >= 0.3 is 0 Å². The van der Waals surface area contributed by atoms with Gasteiger partial charge in [0.15, 0.2) is 29.1 Å². The van der Waals surface area contributed by atoms with E-state index in [1.807, 2.05) is 310 Å². The van der Waals surface area contributed by atoms with Crippen LogP contribution < -0.4 is 26.6 Å². The first-order valence-corrected chi connectivity index (χ1v) is 41.0. The standard InChI is InChI=1S/2C22H16N4.2C20H15ClN4.C18H13N5/c1-2-7-15(8-3-1)21-24-20-10-5-4-9-17(20)22(26-21)25-19-12-6-11-18-16(19)13-14-23-18;1-2-6-15(7-3-1)21-25-20-9-5-4-8-18(20)22(26-21)24-17-10-11-19-16(14-17)12-13-23-19;21-16-9-7-15(8-10-16)19-24-18-6-2-1-5-17(18)20(25-19)23-13-14-4-3-11-22-12-14;21-16-7-5-15(6-8-16)19-24-18-4-2-1-3-17(18)20(25-19)23-13-14-9-11-22-12-10-14;1-2-6-13(7-3-1)17-21-15-9-5-4-8-14(15)18(23-17)22-16-10-11-19-12-20-16/h2*1-14,23H,(H,24,25,26);2*1-12H,13H2,(H,23,24,25);1-12H,(H,19,20,21,22,23). The van der Waals surface area contributed by atoms with Crippen molar-refractivity contribution < 1.29 is 0 Å². The van der Waals surface area contributed by atoms with Crippen LogP contribution in [-0.4, -0.2) is 79.7 Å². The van der Waals surface area contributed by atoms with Gasteiger partial charge in [-0.3, -0.25) is 9.97 Å². The molecule has 7 N–H and O–H groups in total. The number of aromatic nitrogens is 16. The number of nitrogens with zero attached hydrogens (tertiary/aromatic N) is 14. The number of H-pyrrole nitrogens is 2. The fourth-order valence-corrected chi connectivity index (χ4v) is 14.2. The van der Waals surface area contributed by atoms with Crippen LogP contribution in [0, 0.1) is 0 Å². The molecule has 0 saturated carbocycles. The molecule has 0 fully saturated rings. The lowest BCUT2D eigenvalue weighted by Crippen LogP contribution is -2.04. The van der Waals surface area contributed by atoms with E-state index < -0.39 is 0 Å². The van der Waals surface area contributed by atoms with E-state index in [1.54, 1.807) is 30.9 Å². The number of nitrogens with one attached hydrogen (secondary N) is 7. The molecular weight excluding hydrogens is 1590 g/mol. The van der Waals surface area contributed by atoms with E-state index in [-0.39, 0.29) is 0 Å². The van der Waals surface area contributed by atoms with Gasteiger partial charge in [-0.25, -0.2) is 59.8 Å². The molecule has 22 aromatic rings. The van der Waals surface area contributed by atoms with Crippen LogP contribution in [0.1, 0.15) is 11.1 Å². The number of aromatic amines is 2. The number of hydrogen-bond acceptors (Lipinski definition) is 19. The molecule has 0 radical (unpaired) electrons. The summed E-state index contributed by atoms with van der Waals surface area (Å²) in [5.41, 5.74) is 15.8. The predicted octanol–water partition coefficient (Wildman–Crippen LogP) is 24.8. The lowest BCUT2D eigenvalue weighted by molar-refractivity contribution is 1.08. The average Bonchev–Trinajstić information content (AvgIpc) is 1.60. The van der Waals surface area contributed by atoms with E-state index in [1.165, 1.54) is 6.33 Å². The molecule has 10 aromatic heterocycles. The lowest BCUT2D eigenvalue weighted by atomic mass is 10.1. The monoisotopic (exact) mass is 1660 g/mol. The molecule has 0 aliphatic carbocycles. The molecule has 0 saturated heterocycles. The highest BCUT2D eigenvalue weighted by atomic mass is 35.5. The maximum Gasteiger partial charge on any atom is 0.162 e. The van der Waals surface area contributed by atoms with Gasteiger partial charge in [0.1, 0.15) is 41.2 Å². The fraction of sp³-hybridized carbons (Fsp3) is 0.0196. The van der Waals surface area contributed by atoms with Gasteiger partial charge < -0.3 is 36.6 Å². The van der Waals surface area contributed by atoms with Gasteiger partial charge in [-0.1, -0.05) is 187 Å². The van der Waals surface area contributed by atoms with Gasteiger partial charge in [-0.05, 0) is 187 Å². The summed E-state index contributed by atoms with van der Waals surface area (Å²) in [6, 6.07) is 111. The number of benzene rings is 12. The van der Waals surface area contributed by atoms with E-state index in [0.717, 1.165) is 162 Å². The second-order valence-electron chi connectivity index (χ2n) is 28.6. The third kappa shape index (κ3) is 19.5. The molecular formula is C102H75Cl2N21. The molecule has 12 aromatic carbocycles. The summed E-state index contributed by atoms with van der Waals surface area (Å²) in [6.45, 7) is 1.32. The van der Waals surface area contributed by atoms with Gasteiger partial charge in [0.25, 0.3) is 0 Å². The molecule has 0 spiro atoms. The average molecular weight is 1670 g/mol. The van der Waals surface area contributed by atoms with E-state index >= 15 is 0 Å². The van der Waals surface area contributed by atoms with Gasteiger partial charge in [-0.15, -0.1) is 0 Å². The largest absolute Gasteiger partial charge is 0.365 e. The van der Waals surface area contributed by atoms with E-state index in [9.17, 15) is 0 Å². The number of fused-ring (bicyclic) bond motifs is 7. The number of halogens is 2. The molecule has 0 amide bonds. The summed E-state index contributed by atoms with van der Waals surface area (Å²) in [7, 11) is 0. The summed E-state index contributed by atoms with van der Waals surface area (Å²) < 4.78 is 0. The van der Waals surface area contributed by atoms with Gasteiger partial charge in [0.05, 0.1) is 27.6 Å². The van der Waals surface area contributed by atoms with E-state index in [2.05, 4.69) is 119 Å². The first-order valence-electron chi connectivity index (χ1n) is 40.2. The van der Waals surface area contributed by atoms with Gasteiger partial charge in [0, 0.05) is 154 Å². The van der Waals surface area contributed by atoms with Crippen LogP contribution in [0.15, 0.2) is 389 Å². The number of para-hydroxylation sites is 5. The minimum Gasteiger partial charge on any atom is -0.365 e. The Bertz CT molecular complexity index is 7250. The van der Waals surface area contributed by atoms with Crippen molar-refractivity contribution in [3.63, 3.8) is 0 Å². The number of rotatable bonds is 17. The van der Waals surface area contributed by atoms with Crippen LogP contribution in [-0.2, 0) is 13.1 Å². The van der Waals surface area contributed by atoms with E-state index in [0.29, 0.717) is 52.3 Å². The van der Waals surface area contributed by atoms with Crippen LogP contribution in [0.25, 0.3) is 133 Å². The van der Waals surface area contributed by atoms with Crippen molar-refractivity contribution in [3.8, 4) is 56.9 Å². The molecule has 22 rings (SSSR count). The van der Waals surface area contributed by atoms with Crippen molar-refractivity contribution in [3.05, 3.63) is 411 Å². The number of hydrogen-bond donors (Lipinski definition) is 7. The maximum absolute atomic E-state index is 5.98. The summed E-state index contributed by atoms with van der Waals surface area (Å²) >= 11 is 12.0. The SMILES string of the molecule is Clc1ccc(-c2nc(NCc3cccnc3)c3ccccc3n2)cc1.Clc1ccc(-c2nc(NCc3ccncc3)c3ccccc3n2)cc1.c1ccc(-c2nc(Nc3ccc4[nH]ccc4c3)c3ccccc3n2)cc1.c1ccc(-c2nc(Nc3cccc4[nH]ccc34)c3ccccc3n2)cc1.c1ccc(-c2nc(Nc3ccncn3)c3ccccc3n2)cc1. The summed E-state index contributed by atoms with van der Waals surface area (Å²) in [5, 5.41) is 25.7. The highest BCUT2D eigenvalue weighted by Gasteiger charge is 2.17. The third-order valence-electron chi connectivity index (χ3n) is 20.2. The molecule has 23 heteroatoms. The topological polar surface area (TPSA) is 272 Å². The Morgan fingerprint density at radius 2 is 0.688 bits per heavy atom. The Morgan fingerprint density at radius 1 is 0.272 bits per heavy atom. The number of anilines is 8. The molecule has 0 unspecified atom stereocenters. The van der Waals surface area contributed by atoms with Crippen LogP contribution >= 0.6 is 23.2 Å². The number of pyridine rings is 2. The Labute approximate surface area is 728 Å². The molecule has 0 atom stereocenters. The zero-order chi connectivity index (χ0) is 84.3. The first kappa shape index (κ1) is 79.5. The van der Waals surface area contributed by atoms with Crippen molar-refractivity contribution >= 4 is 146 Å². The molecule has 0 aliphatic heterocycles. The van der Waals surface area contributed by atoms with Crippen molar-refractivity contribution in [2.24, 2.45) is 0 Å². The molecule has 21 nitrogen and oxygen atoms in total. The molecule has 0 aliphatic rings. The second-order valence-corrected chi connectivity index (χ2v) is 29.5. The summed E-state index contributed by atoms with van der Waals surface area (Å²) in [6.07, 6.45) is 14.3. The summed E-state index contributed by atoms with van der Waals surface area (Å²) in [4.78, 5) is 70.1. The van der Waals surface area contributed by atoms with Crippen molar-refractivity contribution in [2.45, 2.75) is 13.1 Å². The third-order valence-corrected chi connectivity index (χ3v) is 20.7. The minimum atomic E-state index is 0.648. The predicted molar refractivity (Wildman–Crippen MR) is 506 cm³/mol. The summed E-state index contributed by atoms with van der Waals surface area (Å²) in [5.74, 6) is 8.12. The van der Waals surface area contributed by atoms with Crippen LogP contribution in [0.3, 0.4) is 0 Å². The zero-order valence-electron chi connectivity index (χ0n) is 66.9. The maximum atomic E-state index is 5.98.